The van der Waals surface area contributed by atoms with Crippen LogP contribution in [0.15, 0.2) is 24.3 Å². The van der Waals surface area contributed by atoms with Crippen molar-refractivity contribution >= 4 is 17.5 Å². The summed E-state index contributed by atoms with van der Waals surface area (Å²) in [6.45, 7) is 3.80. The number of para-hydroxylation sites is 1. The van der Waals surface area contributed by atoms with E-state index in [2.05, 4.69) is 10.6 Å². The van der Waals surface area contributed by atoms with Crippen molar-refractivity contribution in [3.8, 4) is 0 Å². The molecule has 2 N–H and O–H groups in total. The summed E-state index contributed by atoms with van der Waals surface area (Å²) in [5, 5.41) is 5.33. The van der Waals surface area contributed by atoms with Gasteiger partial charge < -0.3 is 10.6 Å². The van der Waals surface area contributed by atoms with Crippen molar-refractivity contribution in [3.05, 3.63) is 29.8 Å². The molecule has 0 spiro atoms. The average molecular weight is 234 g/mol. The Kier molecular flexibility index (Phi) is 5.20. The van der Waals surface area contributed by atoms with Crippen molar-refractivity contribution < 1.29 is 9.59 Å². The zero-order valence-electron chi connectivity index (χ0n) is 10.2. The van der Waals surface area contributed by atoms with Gasteiger partial charge in [-0.25, -0.2) is 0 Å². The Hall–Kier alpha value is -1.84. The number of benzene rings is 1. The van der Waals surface area contributed by atoms with Crippen LogP contribution in [0.1, 0.15) is 25.8 Å². The lowest BCUT2D eigenvalue weighted by Crippen LogP contribution is -2.32. The lowest BCUT2D eigenvalue weighted by molar-refractivity contribution is -0.123. The fraction of sp³-hybridized carbons (Fsp3) is 0.385. The molecule has 0 heterocycles. The Bertz CT molecular complexity index is 402. The van der Waals surface area contributed by atoms with Crippen molar-refractivity contribution in [3.63, 3.8) is 0 Å². The Balaban J connectivity index is 2.53. The van der Waals surface area contributed by atoms with E-state index in [-0.39, 0.29) is 18.4 Å². The maximum Gasteiger partial charge on any atom is 0.243 e. The number of anilines is 1. The van der Waals surface area contributed by atoms with E-state index in [1.807, 2.05) is 31.2 Å². The highest BCUT2D eigenvalue weighted by Gasteiger charge is 2.06. The predicted molar refractivity (Wildman–Crippen MR) is 67.8 cm³/mol. The monoisotopic (exact) mass is 234 g/mol. The number of amides is 2. The molecular weight excluding hydrogens is 216 g/mol. The van der Waals surface area contributed by atoms with Gasteiger partial charge >= 0.3 is 0 Å². The third kappa shape index (κ3) is 4.26. The lowest BCUT2D eigenvalue weighted by Gasteiger charge is -2.09. The first-order valence-corrected chi connectivity index (χ1v) is 5.81. The molecule has 0 aliphatic heterocycles. The molecular formula is C13H18N2O2. The van der Waals surface area contributed by atoms with Crippen LogP contribution in [0.2, 0.25) is 0 Å². The van der Waals surface area contributed by atoms with Gasteiger partial charge in [-0.05, 0) is 18.1 Å². The van der Waals surface area contributed by atoms with Gasteiger partial charge in [0.05, 0.1) is 6.54 Å². The lowest BCUT2D eigenvalue weighted by atomic mass is 10.1. The summed E-state index contributed by atoms with van der Waals surface area (Å²) in [4.78, 5) is 22.6. The topological polar surface area (TPSA) is 58.2 Å². The van der Waals surface area contributed by atoms with E-state index in [1.54, 1.807) is 6.92 Å². The molecule has 4 nitrogen and oxygen atoms in total. The summed E-state index contributed by atoms with van der Waals surface area (Å²) >= 11 is 0. The molecule has 0 bridgehead atoms. The molecule has 0 aromatic heterocycles. The summed E-state index contributed by atoms with van der Waals surface area (Å²) in [7, 11) is 0. The molecule has 0 saturated heterocycles. The molecule has 92 valence electrons. The second-order valence-corrected chi connectivity index (χ2v) is 3.69. The average Bonchev–Trinajstić information content (AvgIpc) is 2.36. The SMILES string of the molecule is CCC(=O)NCC(=O)Nc1ccccc1CC. The van der Waals surface area contributed by atoms with E-state index < -0.39 is 0 Å². The fourth-order valence-corrected chi connectivity index (χ4v) is 1.45. The van der Waals surface area contributed by atoms with Crippen LogP contribution < -0.4 is 10.6 Å². The van der Waals surface area contributed by atoms with Crippen molar-refractivity contribution in [2.75, 3.05) is 11.9 Å². The number of hydrogen-bond donors (Lipinski definition) is 2. The number of carbonyl (C=O) groups is 2. The molecule has 2 amide bonds. The molecule has 0 aliphatic carbocycles. The van der Waals surface area contributed by atoms with Crippen molar-refractivity contribution in [2.45, 2.75) is 26.7 Å². The van der Waals surface area contributed by atoms with E-state index in [4.69, 9.17) is 0 Å². The second kappa shape index (κ2) is 6.68. The maximum absolute atomic E-state index is 11.6. The van der Waals surface area contributed by atoms with Gasteiger partial charge in [-0.2, -0.15) is 0 Å². The van der Waals surface area contributed by atoms with Gasteiger partial charge in [0, 0.05) is 12.1 Å². The van der Waals surface area contributed by atoms with Crippen LogP contribution in [0.3, 0.4) is 0 Å². The van der Waals surface area contributed by atoms with E-state index in [0.29, 0.717) is 6.42 Å². The van der Waals surface area contributed by atoms with Gasteiger partial charge in [0.15, 0.2) is 0 Å². The van der Waals surface area contributed by atoms with Gasteiger partial charge in [-0.15, -0.1) is 0 Å². The van der Waals surface area contributed by atoms with Crippen molar-refractivity contribution in [2.24, 2.45) is 0 Å². The minimum Gasteiger partial charge on any atom is -0.347 e. The molecule has 0 atom stereocenters. The third-order valence-corrected chi connectivity index (χ3v) is 2.44. The number of nitrogens with one attached hydrogen (secondary N) is 2. The first-order valence-electron chi connectivity index (χ1n) is 5.81. The summed E-state index contributed by atoms with van der Waals surface area (Å²) in [6.07, 6.45) is 1.25. The number of hydrogen-bond acceptors (Lipinski definition) is 2. The predicted octanol–water partition coefficient (Wildman–Crippen LogP) is 1.71. The Labute approximate surface area is 101 Å². The third-order valence-electron chi connectivity index (χ3n) is 2.44. The van der Waals surface area contributed by atoms with Crippen LogP contribution >= 0.6 is 0 Å². The highest BCUT2D eigenvalue weighted by atomic mass is 16.2. The van der Waals surface area contributed by atoms with Gasteiger partial charge in [-0.1, -0.05) is 32.0 Å². The Morgan fingerprint density at radius 2 is 1.82 bits per heavy atom. The Morgan fingerprint density at radius 1 is 1.12 bits per heavy atom. The number of rotatable bonds is 5. The summed E-state index contributed by atoms with van der Waals surface area (Å²) in [6, 6.07) is 7.64. The van der Waals surface area contributed by atoms with Crippen LogP contribution in [-0.2, 0) is 16.0 Å². The van der Waals surface area contributed by atoms with Crippen LogP contribution in [0.5, 0.6) is 0 Å². The van der Waals surface area contributed by atoms with E-state index in [9.17, 15) is 9.59 Å². The van der Waals surface area contributed by atoms with Crippen LogP contribution in [0.4, 0.5) is 5.69 Å². The van der Waals surface area contributed by atoms with Gasteiger partial charge in [-0.3, -0.25) is 9.59 Å². The summed E-state index contributed by atoms with van der Waals surface area (Å²) < 4.78 is 0. The molecule has 1 aromatic rings. The minimum absolute atomic E-state index is 0.0186. The molecule has 0 radical (unpaired) electrons. The first kappa shape index (κ1) is 13.2. The summed E-state index contributed by atoms with van der Waals surface area (Å²) in [5.41, 5.74) is 1.90. The van der Waals surface area contributed by atoms with Gasteiger partial charge in [0.2, 0.25) is 11.8 Å². The van der Waals surface area contributed by atoms with E-state index in [0.717, 1.165) is 17.7 Å². The van der Waals surface area contributed by atoms with E-state index in [1.165, 1.54) is 0 Å². The molecule has 0 unspecified atom stereocenters. The number of carbonyl (C=O) groups excluding carboxylic acids is 2. The standard InChI is InChI=1S/C13H18N2O2/c1-3-10-7-5-6-8-11(10)15-13(17)9-14-12(16)4-2/h5-8H,3-4,9H2,1-2H3,(H,14,16)(H,15,17). The fourth-order valence-electron chi connectivity index (χ4n) is 1.45. The smallest absolute Gasteiger partial charge is 0.243 e. The van der Waals surface area contributed by atoms with Crippen molar-refractivity contribution in [1.82, 2.24) is 5.32 Å². The Morgan fingerprint density at radius 3 is 2.47 bits per heavy atom. The maximum atomic E-state index is 11.6. The molecule has 17 heavy (non-hydrogen) atoms. The quantitative estimate of drug-likeness (QED) is 0.815. The highest BCUT2D eigenvalue weighted by molar-refractivity contribution is 5.95. The first-order chi connectivity index (χ1) is 8.17. The molecule has 1 aromatic carbocycles. The van der Waals surface area contributed by atoms with Crippen LogP contribution in [-0.4, -0.2) is 18.4 Å². The normalized spacial score (nSPS) is 9.76. The minimum atomic E-state index is -0.201. The van der Waals surface area contributed by atoms with Gasteiger partial charge in [0.1, 0.15) is 0 Å². The largest absolute Gasteiger partial charge is 0.347 e. The zero-order valence-corrected chi connectivity index (χ0v) is 10.2. The van der Waals surface area contributed by atoms with Gasteiger partial charge in [0.25, 0.3) is 0 Å². The molecule has 4 heteroatoms. The molecule has 0 saturated carbocycles. The van der Waals surface area contributed by atoms with Crippen LogP contribution in [0, 0.1) is 0 Å². The summed E-state index contributed by atoms with van der Waals surface area (Å²) in [5.74, 6) is -0.323. The second-order valence-electron chi connectivity index (χ2n) is 3.69. The van der Waals surface area contributed by atoms with Crippen LogP contribution in [0.25, 0.3) is 0 Å². The number of aryl methyl sites for hydroxylation is 1. The highest BCUT2D eigenvalue weighted by Crippen LogP contribution is 2.14. The zero-order chi connectivity index (χ0) is 12.7. The van der Waals surface area contributed by atoms with E-state index >= 15 is 0 Å². The molecule has 1 rings (SSSR count). The molecule has 0 aliphatic rings. The van der Waals surface area contributed by atoms with Crippen molar-refractivity contribution in [1.29, 1.82) is 0 Å². The molecule has 0 fully saturated rings.